The lowest BCUT2D eigenvalue weighted by Gasteiger charge is -2.08. The van der Waals surface area contributed by atoms with E-state index in [0.717, 1.165) is 35.9 Å². The summed E-state index contributed by atoms with van der Waals surface area (Å²) in [5, 5.41) is 7.46. The lowest BCUT2D eigenvalue weighted by molar-refractivity contribution is 0.291. The first kappa shape index (κ1) is 13.5. The van der Waals surface area contributed by atoms with Crippen LogP contribution in [0, 0.1) is 6.92 Å². The molecule has 0 unspecified atom stereocenters. The van der Waals surface area contributed by atoms with Crippen molar-refractivity contribution in [3.8, 4) is 5.75 Å². The minimum absolute atomic E-state index is 0.516. The molecule has 0 aromatic carbocycles. The third-order valence-electron chi connectivity index (χ3n) is 2.83. The van der Waals surface area contributed by atoms with Gasteiger partial charge in [0.1, 0.15) is 12.4 Å². The van der Waals surface area contributed by atoms with Gasteiger partial charge >= 0.3 is 0 Å². The van der Waals surface area contributed by atoms with Crippen molar-refractivity contribution in [3.05, 3.63) is 41.5 Å². The van der Waals surface area contributed by atoms with E-state index >= 15 is 0 Å². The van der Waals surface area contributed by atoms with Crippen molar-refractivity contribution in [3.63, 3.8) is 0 Å². The minimum atomic E-state index is 0.516. The quantitative estimate of drug-likeness (QED) is 0.862. The number of aryl methyl sites for hydroxylation is 2. The van der Waals surface area contributed by atoms with Crippen LogP contribution in [0.4, 0.5) is 0 Å². The van der Waals surface area contributed by atoms with E-state index in [-0.39, 0.29) is 0 Å². The third-order valence-corrected chi connectivity index (χ3v) is 2.83. The van der Waals surface area contributed by atoms with Crippen molar-refractivity contribution in [1.82, 2.24) is 20.1 Å². The van der Waals surface area contributed by atoms with Crippen molar-refractivity contribution in [1.29, 1.82) is 0 Å². The molecule has 2 rings (SSSR count). The Morgan fingerprint density at radius 3 is 2.84 bits per heavy atom. The van der Waals surface area contributed by atoms with Gasteiger partial charge in [-0.3, -0.25) is 9.67 Å². The van der Waals surface area contributed by atoms with E-state index < -0.39 is 0 Å². The van der Waals surface area contributed by atoms with Crippen LogP contribution in [0.1, 0.15) is 24.0 Å². The van der Waals surface area contributed by atoms with Crippen LogP contribution in [0.3, 0.4) is 0 Å². The Hall–Kier alpha value is -1.88. The Morgan fingerprint density at radius 2 is 2.21 bits per heavy atom. The number of nitrogens with zero attached hydrogens (tertiary/aromatic N) is 3. The summed E-state index contributed by atoms with van der Waals surface area (Å²) in [7, 11) is 1.90. The maximum atomic E-state index is 5.74. The molecule has 5 heteroatoms. The smallest absolute Gasteiger partial charge is 0.138 e. The molecule has 1 N–H and O–H groups in total. The molecule has 0 saturated carbocycles. The van der Waals surface area contributed by atoms with Crippen LogP contribution in [-0.4, -0.2) is 21.8 Å². The van der Waals surface area contributed by atoms with Gasteiger partial charge in [-0.15, -0.1) is 0 Å². The van der Waals surface area contributed by atoms with Gasteiger partial charge in [0.05, 0.1) is 23.3 Å². The van der Waals surface area contributed by atoms with Crippen molar-refractivity contribution in [2.45, 2.75) is 33.5 Å². The van der Waals surface area contributed by atoms with Gasteiger partial charge in [-0.25, -0.2) is 0 Å². The lowest BCUT2D eigenvalue weighted by Crippen LogP contribution is -2.08. The van der Waals surface area contributed by atoms with Crippen LogP contribution in [0.2, 0.25) is 0 Å². The average Bonchev–Trinajstić information content (AvgIpc) is 2.79. The van der Waals surface area contributed by atoms with Crippen LogP contribution in [-0.2, 0) is 19.7 Å². The van der Waals surface area contributed by atoms with E-state index in [1.807, 2.05) is 36.9 Å². The van der Waals surface area contributed by atoms with Crippen molar-refractivity contribution < 1.29 is 4.74 Å². The molecule has 19 heavy (non-hydrogen) atoms. The normalized spacial score (nSPS) is 10.7. The monoisotopic (exact) mass is 260 g/mol. The molecule has 0 spiro atoms. The summed E-state index contributed by atoms with van der Waals surface area (Å²) >= 11 is 0. The first-order chi connectivity index (χ1) is 9.22. The molecule has 2 heterocycles. The van der Waals surface area contributed by atoms with Gasteiger partial charge in [-0.2, -0.15) is 5.10 Å². The molecular weight excluding hydrogens is 240 g/mol. The molecule has 102 valence electrons. The minimum Gasteiger partial charge on any atom is -0.486 e. The Kier molecular flexibility index (Phi) is 4.52. The highest BCUT2D eigenvalue weighted by molar-refractivity contribution is 5.20. The number of aromatic nitrogens is 3. The van der Waals surface area contributed by atoms with Gasteiger partial charge in [-0.05, 0) is 39.1 Å². The Morgan fingerprint density at radius 1 is 1.37 bits per heavy atom. The summed E-state index contributed by atoms with van der Waals surface area (Å²) in [6.07, 6.45) is 1.76. The number of nitrogens with one attached hydrogen (secondary N) is 1. The van der Waals surface area contributed by atoms with Crippen LogP contribution < -0.4 is 10.1 Å². The summed E-state index contributed by atoms with van der Waals surface area (Å²) in [5.74, 6) is 0.779. The Balaban J connectivity index is 1.97. The number of rotatable bonds is 6. The lowest BCUT2D eigenvalue weighted by atomic mass is 10.3. The Bertz CT molecular complexity index is 519. The van der Waals surface area contributed by atoms with E-state index in [1.165, 1.54) is 0 Å². The number of pyridine rings is 1. The van der Waals surface area contributed by atoms with E-state index in [4.69, 9.17) is 4.74 Å². The molecule has 2 aromatic rings. The molecule has 0 aliphatic rings. The molecule has 0 fully saturated rings. The van der Waals surface area contributed by atoms with Gasteiger partial charge in [-0.1, -0.05) is 0 Å². The predicted octanol–water partition coefficient (Wildman–Crippen LogP) is 1.90. The molecule has 0 radical (unpaired) electrons. The predicted molar refractivity (Wildman–Crippen MR) is 74.0 cm³/mol. The fourth-order valence-electron chi connectivity index (χ4n) is 1.93. The van der Waals surface area contributed by atoms with Gasteiger partial charge in [0, 0.05) is 13.1 Å². The van der Waals surface area contributed by atoms with Gasteiger partial charge < -0.3 is 10.1 Å². The second-order valence-corrected chi connectivity index (χ2v) is 4.40. The van der Waals surface area contributed by atoms with Crippen LogP contribution in [0.5, 0.6) is 5.75 Å². The molecule has 0 aliphatic carbocycles. The second kappa shape index (κ2) is 6.33. The average molecular weight is 260 g/mol. The third kappa shape index (κ3) is 3.54. The summed E-state index contributed by atoms with van der Waals surface area (Å²) in [6.45, 7) is 6.20. The molecule has 0 amide bonds. The number of ether oxygens (including phenoxy) is 1. The van der Waals surface area contributed by atoms with Gasteiger partial charge in [0.2, 0.25) is 0 Å². The first-order valence-electron chi connectivity index (χ1n) is 6.48. The molecule has 0 aliphatic heterocycles. The molecule has 0 saturated heterocycles. The van der Waals surface area contributed by atoms with Gasteiger partial charge in [0.25, 0.3) is 0 Å². The molecule has 0 bridgehead atoms. The van der Waals surface area contributed by atoms with Crippen LogP contribution >= 0.6 is 0 Å². The van der Waals surface area contributed by atoms with Crippen molar-refractivity contribution in [2.24, 2.45) is 0 Å². The fourth-order valence-corrected chi connectivity index (χ4v) is 1.93. The zero-order valence-electron chi connectivity index (χ0n) is 11.7. The van der Waals surface area contributed by atoms with E-state index in [2.05, 4.69) is 22.3 Å². The maximum Gasteiger partial charge on any atom is 0.138 e. The summed E-state index contributed by atoms with van der Waals surface area (Å²) < 4.78 is 7.69. The van der Waals surface area contributed by atoms with Crippen molar-refractivity contribution >= 4 is 0 Å². The highest BCUT2D eigenvalue weighted by Crippen LogP contribution is 2.12. The van der Waals surface area contributed by atoms with Gasteiger partial charge in [0.15, 0.2) is 0 Å². The molecule has 2 aromatic heterocycles. The van der Waals surface area contributed by atoms with E-state index in [0.29, 0.717) is 6.61 Å². The summed E-state index contributed by atoms with van der Waals surface area (Å²) in [6, 6.07) is 5.96. The largest absolute Gasteiger partial charge is 0.486 e. The SMILES string of the molecule is CCn1nc(C)cc1COc1ccc(CNC)nc1. The Labute approximate surface area is 113 Å². The standard InChI is InChI=1S/C14H20N4O/c1-4-18-13(7-11(2)17-18)10-19-14-6-5-12(8-15-3)16-9-14/h5-7,9,15H,4,8,10H2,1-3H3. The molecular formula is C14H20N4O. The topological polar surface area (TPSA) is 52.0 Å². The zero-order valence-corrected chi connectivity index (χ0v) is 11.7. The number of hydrogen-bond acceptors (Lipinski definition) is 4. The van der Waals surface area contributed by atoms with Crippen molar-refractivity contribution in [2.75, 3.05) is 7.05 Å². The van der Waals surface area contributed by atoms with Crippen LogP contribution in [0.25, 0.3) is 0 Å². The van der Waals surface area contributed by atoms with E-state index in [1.54, 1.807) is 6.20 Å². The maximum absolute atomic E-state index is 5.74. The fraction of sp³-hybridized carbons (Fsp3) is 0.429. The summed E-state index contributed by atoms with van der Waals surface area (Å²) in [5.41, 5.74) is 3.10. The highest BCUT2D eigenvalue weighted by atomic mass is 16.5. The molecule has 0 atom stereocenters. The first-order valence-corrected chi connectivity index (χ1v) is 6.48. The summed E-state index contributed by atoms with van der Waals surface area (Å²) in [4.78, 5) is 4.32. The number of hydrogen-bond donors (Lipinski definition) is 1. The zero-order chi connectivity index (χ0) is 13.7. The second-order valence-electron chi connectivity index (χ2n) is 4.40. The van der Waals surface area contributed by atoms with E-state index in [9.17, 15) is 0 Å². The highest BCUT2D eigenvalue weighted by Gasteiger charge is 2.05. The molecule has 5 nitrogen and oxygen atoms in total. The van der Waals surface area contributed by atoms with Crippen LogP contribution in [0.15, 0.2) is 24.4 Å².